The molecule has 6 aliphatic heterocycles. The molecule has 0 radical (unpaired) electrons. The van der Waals surface area contributed by atoms with Crippen LogP contribution in [-0.4, -0.2) is 151 Å². The Morgan fingerprint density at radius 1 is 0.630 bits per heavy atom. The summed E-state index contributed by atoms with van der Waals surface area (Å²) in [6.07, 6.45) is 2.12. The standard InChI is InChI=1S/C18H19N5O7S.C5H5NO2.C4H5NOS/c1-19-10(24)4-7(14(19)27)13-17(30)23(9-6-12(26)21(3)16(9)29)18(31)22(13)8-5-11(25)20(2)15(8)28;1-6-4(7)2-3-5(6)8;6-3-1-4(7)5-2-3/h7-9,13H,4-6H2,1-3H3;2-3H,1H3;1-2H2,(H,5,7). The lowest BCUT2D eigenvalue weighted by Gasteiger charge is -2.30. The second-order valence-corrected chi connectivity index (χ2v) is 11.9. The quantitative estimate of drug-likeness (QED) is 0.230. The highest BCUT2D eigenvalue weighted by Gasteiger charge is 2.60. The first-order chi connectivity index (χ1) is 21.5. The first kappa shape index (κ1) is 34.1. The maximum absolute atomic E-state index is 13.5. The lowest BCUT2D eigenvalue weighted by molar-refractivity contribution is -0.143. The van der Waals surface area contributed by atoms with E-state index in [4.69, 9.17) is 12.2 Å². The summed E-state index contributed by atoms with van der Waals surface area (Å²) in [5.41, 5.74) is 0. The van der Waals surface area contributed by atoms with Crippen molar-refractivity contribution in [3.05, 3.63) is 12.2 Å². The zero-order chi connectivity index (χ0) is 34.4. The molecule has 6 rings (SSSR count). The third kappa shape index (κ3) is 6.06. The molecule has 0 spiro atoms. The molecular formula is C27H29N7O10S2. The largest absolute Gasteiger partial charge is 0.372 e. The highest BCUT2D eigenvalue weighted by Crippen LogP contribution is 2.37. The maximum atomic E-state index is 13.5. The zero-order valence-corrected chi connectivity index (χ0v) is 26.7. The molecule has 1 N–H and O–H groups in total. The predicted molar refractivity (Wildman–Crippen MR) is 160 cm³/mol. The fourth-order valence-corrected chi connectivity index (χ4v) is 6.17. The molecule has 0 aliphatic carbocycles. The molecule has 0 aromatic heterocycles. The van der Waals surface area contributed by atoms with Crippen LogP contribution >= 0.6 is 24.4 Å². The monoisotopic (exact) mass is 675 g/mol. The molecule has 9 amide bonds. The van der Waals surface area contributed by atoms with Crippen molar-refractivity contribution >= 4 is 93.5 Å². The summed E-state index contributed by atoms with van der Waals surface area (Å²) in [5.74, 6) is -5.51. The fourth-order valence-electron chi connectivity index (χ4n) is 5.48. The summed E-state index contributed by atoms with van der Waals surface area (Å²) in [6, 6.07) is -3.70. The Hall–Kier alpha value is -4.78. The molecular weight excluding hydrogens is 646 g/mol. The van der Waals surface area contributed by atoms with Gasteiger partial charge in [-0.3, -0.25) is 72.4 Å². The third-order valence-corrected chi connectivity index (χ3v) is 8.94. The summed E-state index contributed by atoms with van der Waals surface area (Å²) in [4.78, 5) is 125. The smallest absolute Gasteiger partial charge is 0.253 e. The van der Waals surface area contributed by atoms with Gasteiger partial charge in [-0.2, -0.15) is 0 Å². The number of Topliss-reactive ketones (excluding diaryl/α,β-unsaturated/α-hetero) is 1. The SMILES string of the molecule is CN1C(=O)C=CC1=O.CN1C(=O)CC(C2C(=O)N(C3CC(=O)N(C)C3=O)C(=S)N2C2CC(=O)N(C)C2=O)C1=O.O=C1CNC(=S)C1. The number of imide groups is 4. The average Bonchev–Trinajstić information content (AvgIpc) is 3.79. The van der Waals surface area contributed by atoms with Crippen LogP contribution in [0.25, 0.3) is 0 Å². The van der Waals surface area contributed by atoms with Crippen molar-refractivity contribution in [1.29, 1.82) is 0 Å². The highest BCUT2D eigenvalue weighted by atomic mass is 32.1. The second kappa shape index (κ2) is 12.9. The lowest BCUT2D eigenvalue weighted by Crippen LogP contribution is -2.51. The molecule has 0 bridgehead atoms. The number of thiocarbonyl (C=S) groups is 2. The molecule has 4 atom stereocenters. The molecule has 4 unspecified atom stereocenters. The van der Waals surface area contributed by atoms with E-state index in [0.29, 0.717) is 18.0 Å². The van der Waals surface area contributed by atoms with Crippen LogP contribution in [0.1, 0.15) is 25.7 Å². The topological polar surface area (TPSA) is 202 Å². The third-order valence-electron chi connectivity index (χ3n) is 8.25. The first-order valence-electron chi connectivity index (χ1n) is 13.8. The Labute approximate surface area is 272 Å². The van der Waals surface area contributed by atoms with Gasteiger partial charge in [0.1, 0.15) is 18.1 Å². The Morgan fingerprint density at radius 2 is 1.11 bits per heavy atom. The van der Waals surface area contributed by atoms with Gasteiger partial charge < -0.3 is 10.2 Å². The number of ketones is 1. The van der Waals surface area contributed by atoms with E-state index in [0.717, 1.165) is 24.5 Å². The number of carbonyl (C=O) groups excluding carboxylic acids is 10. The van der Waals surface area contributed by atoms with Crippen molar-refractivity contribution in [2.75, 3.05) is 34.7 Å². The minimum atomic E-state index is -1.34. The minimum Gasteiger partial charge on any atom is -0.372 e. The first-order valence-corrected chi connectivity index (χ1v) is 14.6. The van der Waals surface area contributed by atoms with Crippen molar-refractivity contribution in [2.45, 2.75) is 43.8 Å². The van der Waals surface area contributed by atoms with Gasteiger partial charge in [0.2, 0.25) is 23.6 Å². The zero-order valence-electron chi connectivity index (χ0n) is 25.1. The van der Waals surface area contributed by atoms with E-state index in [2.05, 4.69) is 17.5 Å². The van der Waals surface area contributed by atoms with Crippen LogP contribution in [0.5, 0.6) is 0 Å². The molecule has 244 valence electrons. The van der Waals surface area contributed by atoms with Gasteiger partial charge in [0, 0.05) is 46.8 Å². The number of likely N-dealkylation sites (tertiary alicyclic amines) is 3. The van der Waals surface area contributed by atoms with Gasteiger partial charge in [-0.25, -0.2) is 0 Å². The number of amides is 9. The van der Waals surface area contributed by atoms with Crippen molar-refractivity contribution in [1.82, 2.24) is 34.7 Å². The van der Waals surface area contributed by atoms with E-state index in [-0.39, 0.29) is 42.0 Å². The number of rotatable bonds is 3. The highest BCUT2D eigenvalue weighted by molar-refractivity contribution is 7.80. The molecule has 0 aromatic rings. The molecule has 0 aromatic carbocycles. The van der Waals surface area contributed by atoms with Gasteiger partial charge in [0.05, 0.1) is 36.7 Å². The van der Waals surface area contributed by atoms with Gasteiger partial charge in [0.15, 0.2) is 10.9 Å². The van der Waals surface area contributed by atoms with E-state index < -0.39 is 65.4 Å². The predicted octanol–water partition coefficient (Wildman–Crippen LogP) is -3.28. The van der Waals surface area contributed by atoms with Gasteiger partial charge in [-0.05, 0) is 12.2 Å². The molecule has 0 saturated carbocycles. The Kier molecular flexibility index (Phi) is 9.57. The van der Waals surface area contributed by atoms with Gasteiger partial charge in [0.25, 0.3) is 29.5 Å². The van der Waals surface area contributed by atoms with E-state index in [1.54, 1.807) is 0 Å². The van der Waals surface area contributed by atoms with E-state index in [1.807, 2.05) is 0 Å². The van der Waals surface area contributed by atoms with Crippen LogP contribution < -0.4 is 5.32 Å². The van der Waals surface area contributed by atoms with Gasteiger partial charge in [-0.15, -0.1) is 0 Å². The summed E-state index contributed by atoms with van der Waals surface area (Å²) >= 11 is 10.1. The Bertz CT molecular complexity index is 1470. The summed E-state index contributed by atoms with van der Waals surface area (Å²) < 4.78 is 0. The van der Waals surface area contributed by atoms with Crippen molar-refractivity contribution in [3.8, 4) is 0 Å². The van der Waals surface area contributed by atoms with Crippen molar-refractivity contribution in [3.63, 3.8) is 0 Å². The number of nitrogens with one attached hydrogen (secondary N) is 1. The number of nitrogens with zero attached hydrogens (tertiary/aromatic N) is 6. The number of hydrogen-bond acceptors (Lipinski definition) is 12. The average molecular weight is 676 g/mol. The molecule has 19 heteroatoms. The second-order valence-electron chi connectivity index (χ2n) is 11.0. The van der Waals surface area contributed by atoms with Crippen LogP contribution in [0, 0.1) is 5.92 Å². The summed E-state index contributed by atoms with van der Waals surface area (Å²) in [6.45, 7) is 0.443. The lowest BCUT2D eigenvalue weighted by atomic mass is 9.95. The van der Waals surface area contributed by atoms with Crippen LogP contribution in [-0.2, 0) is 47.9 Å². The maximum Gasteiger partial charge on any atom is 0.253 e. The molecule has 5 saturated heterocycles. The van der Waals surface area contributed by atoms with E-state index >= 15 is 0 Å². The summed E-state index contributed by atoms with van der Waals surface area (Å²) in [7, 11) is 5.32. The van der Waals surface area contributed by atoms with Gasteiger partial charge in [-0.1, -0.05) is 12.2 Å². The molecule has 5 fully saturated rings. The van der Waals surface area contributed by atoms with Crippen LogP contribution in [0.4, 0.5) is 0 Å². The van der Waals surface area contributed by atoms with Crippen molar-refractivity contribution < 1.29 is 47.9 Å². The summed E-state index contributed by atoms with van der Waals surface area (Å²) in [5, 5.41) is 2.54. The van der Waals surface area contributed by atoms with E-state index in [9.17, 15) is 47.9 Å². The Balaban J connectivity index is 0.000000260. The van der Waals surface area contributed by atoms with Crippen molar-refractivity contribution in [2.24, 2.45) is 5.92 Å². The van der Waals surface area contributed by atoms with E-state index in [1.165, 1.54) is 45.2 Å². The minimum absolute atomic E-state index is 0.199. The number of carbonyl (C=O) groups is 10. The Morgan fingerprint density at radius 3 is 1.43 bits per heavy atom. The molecule has 6 heterocycles. The normalized spacial score (nSPS) is 27.9. The van der Waals surface area contributed by atoms with Crippen LogP contribution in [0.3, 0.4) is 0 Å². The molecule has 6 aliphatic rings. The van der Waals surface area contributed by atoms with Crippen LogP contribution in [0.15, 0.2) is 12.2 Å². The van der Waals surface area contributed by atoms with Crippen LogP contribution in [0.2, 0.25) is 0 Å². The van der Waals surface area contributed by atoms with Gasteiger partial charge >= 0.3 is 0 Å². The fraction of sp³-hybridized carbons (Fsp3) is 0.481. The molecule has 46 heavy (non-hydrogen) atoms. The molecule has 17 nitrogen and oxygen atoms in total. The number of likely N-dealkylation sites (N-methyl/N-ethyl adjacent to an activating group) is 3. The number of hydrogen-bond donors (Lipinski definition) is 1.